The number of rotatable bonds is 7. The van der Waals surface area contributed by atoms with Gasteiger partial charge in [0.15, 0.2) is 11.5 Å². The summed E-state index contributed by atoms with van der Waals surface area (Å²) >= 11 is 0. The van der Waals surface area contributed by atoms with Crippen molar-refractivity contribution >= 4 is 5.91 Å². The van der Waals surface area contributed by atoms with Gasteiger partial charge in [-0.1, -0.05) is 19.6 Å². The van der Waals surface area contributed by atoms with Gasteiger partial charge in [0.05, 0.1) is 7.11 Å². The molecule has 1 heterocycles. The van der Waals surface area contributed by atoms with Crippen LogP contribution in [0.15, 0.2) is 30.4 Å². The maximum absolute atomic E-state index is 11.5. The lowest BCUT2D eigenvalue weighted by atomic mass is 9.93. The zero-order chi connectivity index (χ0) is 18.4. The van der Waals surface area contributed by atoms with Gasteiger partial charge in [-0.15, -0.1) is 0 Å². The Morgan fingerprint density at radius 3 is 2.72 bits per heavy atom. The van der Waals surface area contributed by atoms with Crippen LogP contribution in [-0.2, 0) is 11.3 Å². The first-order chi connectivity index (χ1) is 11.9. The van der Waals surface area contributed by atoms with Crippen molar-refractivity contribution in [3.63, 3.8) is 0 Å². The van der Waals surface area contributed by atoms with Crippen molar-refractivity contribution in [2.24, 2.45) is 5.92 Å². The average Bonchev–Trinajstić information content (AvgIpc) is 2.58. The third kappa shape index (κ3) is 5.49. The quantitative estimate of drug-likeness (QED) is 0.771. The largest absolute Gasteiger partial charge is 0.493 e. The predicted molar refractivity (Wildman–Crippen MR) is 100.0 cm³/mol. The molecular formula is C20H30N2O3. The van der Waals surface area contributed by atoms with Gasteiger partial charge in [-0.3, -0.25) is 4.79 Å². The summed E-state index contributed by atoms with van der Waals surface area (Å²) in [4.78, 5) is 13.4. The third-order valence-electron chi connectivity index (χ3n) is 4.62. The molecule has 1 amide bonds. The minimum absolute atomic E-state index is 0.166. The van der Waals surface area contributed by atoms with E-state index in [1.807, 2.05) is 24.0 Å². The number of nitrogens with zero attached hydrogens (tertiary/aromatic N) is 1. The van der Waals surface area contributed by atoms with E-state index in [0.29, 0.717) is 18.6 Å². The number of nitrogens with one attached hydrogen (secondary N) is 1. The summed E-state index contributed by atoms with van der Waals surface area (Å²) in [6.07, 6.45) is 0.982. The topological polar surface area (TPSA) is 50.8 Å². The summed E-state index contributed by atoms with van der Waals surface area (Å²) < 4.78 is 11.2. The molecule has 5 nitrogen and oxygen atoms in total. The lowest BCUT2D eigenvalue weighted by Crippen LogP contribution is -2.49. The van der Waals surface area contributed by atoms with E-state index in [9.17, 15) is 4.79 Å². The second-order valence-corrected chi connectivity index (χ2v) is 6.95. The molecule has 1 aliphatic heterocycles. The minimum atomic E-state index is 0.166. The molecule has 2 rings (SSSR count). The van der Waals surface area contributed by atoms with Crippen LogP contribution in [0.5, 0.6) is 11.5 Å². The fourth-order valence-electron chi connectivity index (χ4n) is 3.13. The Morgan fingerprint density at radius 2 is 2.12 bits per heavy atom. The van der Waals surface area contributed by atoms with Crippen molar-refractivity contribution in [1.82, 2.24) is 10.2 Å². The van der Waals surface area contributed by atoms with Crippen LogP contribution in [-0.4, -0.2) is 43.7 Å². The molecule has 0 spiro atoms. The molecule has 1 fully saturated rings. The smallest absolute Gasteiger partial charge is 0.219 e. The summed E-state index contributed by atoms with van der Waals surface area (Å²) in [6, 6.07) is 6.42. The van der Waals surface area contributed by atoms with Crippen LogP contribution in [0.1, 0.15) is 32.8 Å². The molecule has 2 atom stereocenters. The fraction of sp³-hybridized carbons (Fsp3) is 0.550. The van der Waals surface area contributed by atoms with Crippen LogP contribution < -0.4 is 14.8 Å². The van der Waals surface area contributed by atoms with E-state index >= 15 is 0 Å². The summed E-state index contributed by atoms with van der Waals surface area (Å²) in [6.45, 7) is 12.5. The standard InChI is InChI=1S/C20H30N2O3/c1-14(2)13-25-20-10-17(6-7-19(20)24-5)11-21-18-8-9-22(16(4)23)12-15(18)3/h6-7,10,15,18,21H,1,8-9,11-13H2,2-5H3/t15-,18-/m1/s1. The Balaban J connectivity index is 1.95. The number of likely N-dealkylation sites (tertiary alicyclic amines) is 1. The highest BCUT2D eigenvalue weighted by molar-refractivity contribution is 5.73. The van der Waals surface area contributed by atoms with Gasteiger partial charge in [-0.2, -0.15) is 0 Å². The normalized spacial score (nSPS) is 20.2. The zero-order valence-corrected chi connectivity index (χ0v) is 15.8. The van der Waals surface area contributed by atoms with Crippen molar-refractivity contribution in [2.45, 2.75) is 39.8 Å². The van der Waals surface area contributed by atoms with Crippen LogP contribution in [0.4, 0.5) is 0 Å². The van der Waals surface area contributed by atoms with Crippen molar-refractivity contribution in [1.29, 1.82) is 0 Å². The molecule has 1 saturated heterocycles. The molecule has 5 heteroatoms. The second-order valence-electron chi connectivity index (χ2n) is 6.95. The number of piperidine rings is 1. The van der Waals surface area contributed by atoms with Crippen LogP contribution >= 0.6 is 0 Å². The van der Waals surface area contributed by atoms with Crippen molar-refractivity contribution in [3.05, 3.63) is 35.9 Å². The van der Waals surface area contributed by atoms with Gasteiger partial charge in [-0.05, 0) is 42.5 Å². The van der Waals surface area contributed by atoms with Gasteiger partial charge in [0.25, 0.3) is 0 Å². The molecule has 0 unspecified atom stereocenters. The minimum Gasteiger partial charge on any atom is -0.493 e. The summed E-state index contributed by atoms with van der Waals surface area (Å²) in [5.74, 6) is 2.08. The molecule has 0 radical (unpaired) electrons. The number of hydrogen-bond acceptors (Lipinski definition) is 4. The van der Waals surface area contributed by atoms with E-state index in [0.717, 1.165) is 48.7 Å². The van der Waals surface area contributed by atoms with Crippen LogP contribution in [0, 0.1) is 5.92 Å². The Labute approximate surface area is 151 Å². The number of benzene rings is 1. The molecular weight excluding hydrogens is 316 g/mol. The Kier molecular flexibility index (Phi) is 6.88. The van der Waals surface area contributed by atoms with Crippen LogP contribution in [0.25, 0.3) is 0 Å². The van der Waals surface area contributed by atoms with Gasteiger partial charge in [0.2, 0.25) is 5.91 Å². The summed E-state index contributed by atoms with van der Waals surface area (Å²) in [5.41, 5.74) is 2.12. The van der Waals surface area contributed by atoms with E-state index in [-0.39, 0.29) is 5.91 Å². The SMILES string of the molecule is C=C(C)COc1cc(CN[C@@H]2CCN(C(C)=O)C[C@H]2C)ccc1OC. The number of methoxy groups -OCH3 is 1. The van der Waals surface area contributed by atoms with Crippen molar-refractivity contribution < 1.29 is 14.3 Å². The van der Waals surface area contributed by atoms with E-state index in [2.05, 4.69) is 24.9 Å². The van der Waals surface area contributed by atoms with E-state index in [1.165, 1.54) is 0 Å². The van der Waals surface area contributed by atoms with E-state index in [4.69, 9.17) is 9.47 Å². The van der Waals surface area contributed by atoms with Crippen LogP contribution in [0.2, 0.25) is 0 Å². The van der Waals surface area contributed by atoms with Crippen molar-refractivity contribution in [3.8, 4) is 11.5 Å². The zero-order valence-electron chi connectivity index (χ0n) is 15.8. The number of carbonyl (C=O) groups excluding carboxylic acids is 1. The van der Waals surface area contributed by atoms with Gasteiger partial charge in [0.1, 0.15) is 6.61 Å². The molecule has 138 valence electrons. The molecule has 1 N–H and O–H groups in total. The summed E-state index contributed by atoms with van der Waals surface area (Å²) in [7, 11) is 1.64. The average molecular weight is 346 g/mol. The van der Waals surface area contributed by atoms with Gasteiger partial charge >= 0.3 is 0 Å². The number of amides is 1. The highest BCUT2D eigenvalue weighted by Gasteiger charge is 2.26. The lowest BCUT2D eigenvalue weighted by molar-refractivity contribution is -0.130. The first-order valence-electron chi connectivity index (χ1n) is 8.83. The van der Waals surface area contributed by atoms with E-state index < -0.39 is 0 Å². The molecule has 0 saturated carbocycles. The molecule has 25 heavy (non-hydrogen) atoms. The van der Waals surface area contributed by atoms with Crippen molar-refractivity contribution in [2.75, 3.05) is 26.8 Å². The van der Waals surface area contributed by atoms with Crippen LogP contribution in [0.3, 0.4) is 0 Å². The molecule has 1 aromatic carbocycles. The Hall–Kier alpha value is -2.01. The first kappa shape index (κ1) is 19.3. The summed E-state index contributed by atoms with van der Waals surface area (Å²) in [5, 5.41) is 3.62. The Bertz CT molecular complexity index is 615. The first-order valence-corrected chi connectivity index (χ1v) is 8.83. The van der Waals surface area contributed by atoms with Gasteiger partial charge in [-0.25, -0.2) is 0 Å². The van der Waals surface area contributed by atoms with E-state index in [1.54, 1.807) is 14.0 Å². The number of carbonyl (C=O) groups is 1. The lowest BCUT2D eigenvalue weighted by Gasteiger charge is -2.37. The molecule has 0 aliphatic carbocycles. The Morgan fingerprint density at radius 1 is 1.36 bits per heavy atom. The van der Waals surface area contributed by atoms with Gasteiger partial charge in [0, 0.05) is 32.6 Å². The molecule has 1 aromatic rings. The maximum Gasteiger partial charge on any atom is 0.219 e. The monoisotopic (exact) mass is 346 g/mol. The number of ether oxygens (including phenoxy) is 2. The number of hydrogen-bond donors (Lipinski definition) is 1. The fourth-order valence-corrected chi connectivity index (χ4v) is 3.13. The molecule has 0 bridgehead atoms. The highest BCUT2D eigenvalue weighted by Crippen LogP contribution is 2.28. The maximum atomic E-state index is 11.5. The third-order valence-corrected chi connectivity index (χ3v) is 4.62. The molecule has 1 aliphatic rings. The second kappa shape index (κ2) is 8.90. The molecule has 0 aromatic heterocycles. The highest BCUT2D eigenvalue weighted by atomic mass is 16.5. The van der Waals surface area contributed by atoms with Gasteiger partial charge < -0.3 is 19.7 Å². The predicted octanol–water partition coefficient (Wildman–Crippen LogP) is 3.00.